The Labute approximate surface area is 138 Å². The number of pyridine rings is 1. The second kappa shape index (κ2) is 5.58. The van der Waals surface area contributed by atoms with Crippen molar-refractivity contribution in [3.8, 4) is 17.0 Å². The molecule has 0 saturated heterocycles. The highest BCUT2D eigenvalue weighted by molar-refractivity contribution is 6.16. The third-order valence-electron chi connectivity index (χ3n) is 4.25. The number of ketones is 1. The number of aromatic nitrogens is 2. The molecular formula is C18H16N4O2. The molecule has 6 nitrogen and oxygen atoms in total. The number of nitrogens with zero attached hydrogens (tertiary/aromatic N) is 3. The van der Waals surface area contributed by atoms with Gasteiger partial charge in [0, 0.05) is 23.2 Å². The summed E-state index contributed by atoms with van der Waals surface area (Å²) in [6.07, 6.45) is 3.70. The zero-order valence-corrected chi connectivity index (χ0v) is 13.2. The van der Waals surface area contributed by atoms with Gasteiger partial charge in [-0.15, -0.1) is 0 Å². The highest BCUT2D eigenvalue weighted by Crippen LogP contribution is 2.27. The first-order valence-corrected chi connectivity index (χ1v) is 7.63. The first-order chi connectivity index (χ1) is 11.7. The second-order valence-corrected chi connectivity index (χ2v) is 5.59. The van der Waals surface area contributed by atoms with Crippen molar-refractivity contribution in [2.45, 2.75) is 0 Å². The number of carbonyl (C=O) groups excluding carboxylic acids is 1. The van der Waals surface area contributed by atoms with E-state index in [1.165, 1.54) is 0 Å². The minimum atomic E-state index is 0.0218. The van der Waals surface area contributed by atoms with E-state index in [9.17, 15) is 4.79 Å². The Morgan fingerprint density at radius 1 is 1.25 bits per heavy atom. The SMILES string of the molecule is COc1ccc2ncc(-c3ccc4c(c3)C(CN)=NCC4=O)n2c1. The van der Waals surface area contributed by atoms with Gasteiger partial charge in [-0.2, -0.15) is 0 Å². The Morgan fingerprint density at radius 2 is 2.12 bits per heavy atom. The van der Waals surface area contributed by atoms with Crippen LogP contribution in [0.5, 0.6) is 5.75 Å². The number of imidazole rings is 1. The Balaban J connectivity index is 1.90. The van der Waals surface area contributed by atoms with E-state index in [0.717, 1.165) is 33.9 Å². The third-order valence-corrected chi connectivity index (χ3v) is 4.25. The molecule has 0 aliphatic carbocycles. The van der Waals surface area contributed by atoms with Crippen LogP contribution in [0.2, 0.25) is 0 Å². The van der Waals surface area contributed by atoms with Gasteiger partial charge < -0.3 is 10.5 Å². The highest BCUT2D eigenvalue weighted by atomic mass is 16.5. The quantitative estimate of drug-likeness (QED) is 0.800. The van der Waals surface area contributed by atoms with E-state index in [4.69, 9.17) is 10.5 Å². The molecule has 0 fully saturated rings. The molecule has 24 heavy (non-hydrogen) atoms. The standard InChI is InChI=1S/C18H16N4O2/c1-24-12-3-5-18-21-8-16(22(18)10-12)11-2-4-13-14(6-11)15(7-19)20-9-17(13)23/h2-6,8,10H,7,9,19H2,1H3. The molecule has 2 aromatic heterocycles. The van der Waals surface area contributed by atoms with Crippen LogP contribution >= 0.6 is 0 Å². The van der Waals surface area contributed by atoms with E-state index in [1.54, 1.807) is 13.3 Å². The lowest BCUT2D eigenvalue weighted by Crippen LogP contribution is -2.24. The number of rotatable bonds is 3. The van der Waals surface area contributed by atoms with Crippen molar-refractivity contribution in [2.75, 3.05) is 20.2 Å². The number of Topliss-reactive ketones (excluding diaryl/α,β-unsaturated/α-hetero) is 1. The minimum Gasteiger partial charge on any atom is -0.495 e. The Hall–Kier alpha value is -2.99. The Bertz CT molecular complexity index is 988. The zero-order chi connectivity index (χ0) is 16.7. The van der Waals surface area contributed by atoms with E-state index < -0.39 is 0 Å². The monoisotopic (exact) mass is 320 g/mol. The van der Waals surface area contributed by atoms with Crippen molar-refractivity contribution in [2.24, 2.45) is 10.7 Å². The Kier molecular flexibility index (Phi) is 3.39. The van der Waals surface area contributed by atoms with Crippen LogP contribution < -0.4 is 10.5 Å². The van der Waals surface area contributed by atoms with Crippen LogP contribution in [0.25, 0.3) is 16.9 Å². The summed E-state index contributed by atoms with van der Waals surface area (Å²) in [5.74, 6) is 0.771. The summed E-state index contributed by atoms with van der Waals surface area (Å²) in [6.45, 7) is 0.483. The molecule has 6 heteroatoms. The predicted molar refractivity (Wildman–Crippen MR) is 92.0 cm³/mol. The van der Waals surface area contributed by atoms with Gasteiger partial charge in [0.25, 0.3) is 0 Å². The van der Waals surface area contributed by atoms with Crippen LogP contribution in [0.3, 0.4) is 0 Å². The molecule has 2 N–H and O–H groups in total. The van der Waals surface area contributed by atoms with Crippen molar-refractivity contribution < 1.29 is 9.53 Å². The van der Waals surface area contributed by atoms with Crippen molar-refractivity contribution in [3.63, 3.8) is 0 Å². The molecule has 0 spiro atoms. The summed E-state index contributed by atoms with van der Waals surface area (Å²) in [6, 6.07) is 9.50. The van der Waals surface area contributed by atoms with Crippen molar-refractivity contribution in [1.82, 2.24) is 9.38 Å². The second-order valence-electron chi connectivity index (χ2n) is 5.59. The van der Waals surface area contributed by atoms with Gasteiger partial charge in [-0.25, -0.2) is 4.98 Å². The molecule has 0 unspecified atom stereocenters. The fourth-order valence-electron chi connectivity index (χ4n) is 2.99. The first-order valence-electron chi connectivity index (χ1n) is 7.63. The maximum Gasteiger partial charge on any atom is 0.184 e. The van der Waals surface area contributed by atoms with Crippen molar-refractivity contribution in [3.05, 3.63) is 53.9 Å². The lowest BCUT2D eigenvalue weighted by Gasteiger charge is -2.16. The molecule has 1 aliphatic heterocycles. The molecule has 0 radical (unpaired) electrons. The van der Waals surface area contributed by atoms with Crippen molar-refractivity contribution in [1.29, 1.82) is 0 Å². The number of ether oxygens (including phenoxy) is 1. The minimum absolute atomic E-state index is 0.0218. The lowest BCUT2D eigenvalue weighted by atomic mass is 9.94. The number of carbonyl (C=O) groups is 1. The van der Waals surface area contributed by atoms with E-state index in [2.05, 4.69) is 9.98 Å². The average molecular weight is 320 g/mol. The first kappa shape index (κ1) is 14.6. The van der Waals surface area contributed by atoms with E-state index in [-0.39, 0.29) is 12.3 Å². The largest absolute Gasteiger partial charge is 0.495 e. The van der Waals surface area contributed by atoms with Gasteiger partial charge in [0.05, 0.1) is 30.9 Å². The number of hydrogen-bond acceptors (Lipinski definition) is 5. The topological polar surface area (TPSA) is 82.0 Å². The molecule has 3 heterocycles. The summed E-state index contributed by atoms with van der Waals surface area (Å²) in [4.78, 5) is 20.8. The zero-order valence-electron chi connectivity index (χ0n) is 13.2. The van der Waals surface area contributed by atoms with E-state index in [0.29, 0.717) is 12.1 Å². The summed E-state index contributed by atoms with van der Waals surface area (Å²) < 4.78 is 7.26. The average Bonchev–Trinajstić information content (AvgIpc) is 3.04. The molecule has 4 rings (SSSR count). The smallest absolute Gasteiger partial charge is 0.184 e. The number of fused-ring (bicyclic) bond motifs is 2. The molecule has 3 aromatic rings. The molecule has 0 bridgehead atoms. The number of aliphatic imine (C=N–C) groups is 1. The predicted octanol–water partition coefficient (Wildman–Crippen LogP) is 1.95. The van der Waals surface area contributed by atoms with Crippen LogP contribution in [0.1, 0.15) is 15.9 Å². The third kappa shape index (κ3) is 2.19. The summed E-state index contributed by atoms with van der Waals surface area (Å²) in [5, 5.41) is 0. The molecule has 1 aliphatic rings. The normalized spacial score (nSPS) is 13.8. The van der Waals surface area contributed by atoms with Gasteiger partial charge in [0.2, 0.25) is 0 Å². The number of methoxy groups -OCH3 is 1. The van der Waals surface area contributed by atoms with Crippen LogP contribution in [0.4, 0.5) is 0 Å². The van der Waals surface area contributed by atoms with Gasteiger partial charge >= 0.3 is 0 Å². The molecule has 0 saturated carbocycles. The van der Waals surface area contributed by atoms with Crippen LogP contribution in [0, 0.1) is 0 Å². The van der Waals surface area contributed by atoms with Gasteiger partial charge in [-0.1, -0.05) is 6.07 Å². The molecular weight excluding hydrogens is 304 g/mol. The molecule has 120 valence electrons. The van der Waals surface area contributed by atoms with Crippen molar-refractivity contribution >= 4 is 17.1 Å². The number of hydrogen-bond donors (Lipinski definition) is 1. The van der Waals surface area contributed by atoms with Crippen LogP contribution in [-0.2, 0) is 0 Å². The van der Waals surface area contributed by atoms with Crippen LogP contribution in [-0.4, -0.2) is 41.1 Å². The maximum atomic E-state index is 12.1. The molecule has 1 aromatic carbocycles. The van der Waals surface area contributed by atoms with Crippen LogP contribution in [0.15, 0.2) is 47.7 Å². The maximum absolute atomic E-state index is 12.1. The number of nitrogens with two attached hydrogens (primary N) is 1. The summed E-state index contributed by atoms with van der Waals surface area (Å²) in [7, 11) is 1.63. The molecule has 0 atom stereocenters. The van der Waals surface area contributed by atoms with Gasteiger partial charge in [0.15, 0.2) is 5.78 Å². The van der Waals surface area contributed by atoms with E-state index >= 15 is 0 Å². The van der Waals surface area contributed by atoms with Gasteiger partial charge in [-0.05, 0) is 24.3 Å². The summed E-state index contributed by atoms with van der Waals surface area (Å²) in [5.41, 5.74) is 10.7. The fraction of sp³-hybridized carbons (Fsp3) is 0.167. The molecule has 0 amide bonds. The number of benzene rings is 1. The van der Waals surface area contributed by atoms with Gasteiger partial charge in [-0.3, -0.25) is 14.2 Å². The Morgan fingerprint density at radius 3 is 2.92 bits per heavy atom. The van der Waals surface area contributed by atoms with Gasteiger partial charge in [0.1, 0.15) is 17.9 Å². The highest BCUT2D eigenvalue weighted by Gasteiger charge is 2.20. The lowest BCUT2D eigenvalue weighted by molar-refractivity contribution is 0.1000. The fourth-order valence-corrected chi connectivity index (χ4v) is 2.99. The summed E-state index contributed by atoms with van der Waals surface area (Å²) >= 11 is 0. The van der Waals surface area contributed by atoms with E-state index in [1.807, 2.05) is 40.9 Å².